The maximum Gasteiger partial charge on any atom is 0.233 e. The third-order valence-corrected chi connectivity index (χ3v) is 3.70. The Labute approximate surface area is 100 Å². The molecule has 3 nitrogen and oxygen atoms in total. The largest absolute Gasteiger partial charge is 0.282 e. The Morgan fingerprint density at radius 1 is 1.38 bits per heavy atom. The molecule has 0 N–H and O–H groups in total. The second kappa shape index (κ2) is 4.58. The van der Waals surface area contributed by atoms with Gasteiger partial charge in [0.15, 0.2) is 0 Å². The van der Waals surface area contributed by atoms with Crippen molar-refractivity contribution >= 4 is 23.4 Å². The zero-order valence-corrected chi connectivity index (χ0v) is 10.2. The first-order chi connectivity index (χ1) is 7.65. The molecular formula is C12H16ClNO2. The number of rotatable bonds is 3. The van der Waals surface area contributed by atoms with E-state index in [0.717, 1.165) is 17.9 Å². The summed E-state index contributed by atoms with van der Waals surface area (Å²) in [5.74, 6) is -0.354. The highest BCUT2D eigenvalue weighted by atomic mass is 35.5. The summed E-state index contributed by atoms with van der Waals surface area (Å²) < 4.78 is 0. The highest BCUT2D eigenvalue weighted by molar-refractivity contribution is 6.30. The predicted octanol–water partition coefficient (Wildman–Crippen LogP) is 2.30. The Morgan fingerprint density at radius 3 is 2.75 bits per heavy atom. The van der Waals surface area contributed by atoms with Crippen LogP contribution < -0.4 is 0 Å². The van der Waals surface area contributed by atoms with Crippen LogP contribution in [0.5, 0.6) is 0 Å². The molecule has 2 rings (SSSR count). The van der Waals surface area contributed by atoms with Crippen LogP contribution in [0.3, 0.4) is 0 Å². The molecule has 16 heavy (non-hydrogen) atoms. The van der Waals surface area contributed by atoms with Crippen LogP contribution >= 0.6 is 11.6 Å². The number of nitrogens with zero attached hydrogens (tertiary/aromatic N) is 1. The number of carbonyl (C=O) groups is 2. The van der Waals surface area contributed by atoms with Crippen LogP contribution in [0.2, 0.25) is 0 Å². The lowest BCUT2D eigenvalue weighted by atomic mass is 9.85. The van der Waals surface area contributed by atoms with Crippen molar-refractivity contribution in [3.05, 3.63) is 11.1 Å². The fraction of sp³-hybridized carbons (Fsp3) is 0.667. The van der Waals surface area contributed by atoms with Crippen LogP contribution in [0.4, 0.5) is 0 Å². The predicted molar refractivity (Wildman–Crippen MR) is 61.8 cm³/mol. The molecular weight excluding hydrogens is 226 g/mol. The van der Waals surface area contributed by atoms with Crippen LogP contribution in [0.1, 0.15) is 32.6 Å². The first-order valence-electron chi connectivity index (χ1n) is 5.85. The number of halogens is 1. The molecule has 1 heterocycles. The molecule has 1 saturated heterocycles. The Kier molecular flexibility index (Phi) is 3.33. The molecule has 0 bridgehead atoms. The third-order valence-electron chi connectivity index (χ3n) is 3.40. The van der Waals surface area contributed by atoms with Crippen molar-refractivity contribution < 1.29 is 9.59 Å². The van der Waals surface area contributed by atoms with Gasteiger partial charge >= 0.3 is 0 Å². The summed E-state index contributed by atoms with van der Waals surface area (Å²) in [6.45, 7) is 2.62. The zero-order valence-electron chi connectivity index (χ0n) is 9.41. The van der Waals surface area contributed by atoms with E-state index in [-0.39, 0.29) is 23.7 Å². The van der Waals surface area contributed by atoms with Crippen molar-refractivity contribution in [2.24, 2.45) is 11.8 Å². The number of unbranched alkanes of at least 4 members (excludes halogenated alkanes) is 1. The van der Waals surface area contributed by atoms with Crippen molar-refractivity contribution in [3.8, 4) is 0 Å². The molecule has 88 valence electrons. The lowest BCUT2D eigenvalue weighted by Crippen LogP contribution is -2.31. The number of hydrogen-bond acceptors (Lipinski definition) is 2. The topological polar surface area (TPSA) is 37.4 Å². The summed E-state index contributed by atoms with van der Waals surface area (Å²) in [6.07, 6.45) is 4.91. The molecule has 0 radical (unpaired) electrons. The minimum atomic E-state index is -0.193. The minimum Gasteiger partial charge on any atom is -0.282 e. The number of allylic oxidation sites excluding steroid dienone is 2. The highest BCUT2D eigenvalue weighted by Crippen LogP contribution is 2.38. The molecule has 4 heteroatoms. The van der Waals surface area contributed by atoms with Gasteiger partial charge in [-0.25, -0.2) is 0 Å². The van der Waals surface area contributed by atoms with Crippen LogP contribution in [0.15, 0.2) is 11.1 Å². The van der Waals surface area contributed by atoms with Crippen molar-refractivity contribution in [1.82, 2.24) is 4.90 Å². The molecule has 0 spiro atoms. The third kappa shape index (κ3) is 1.88. The van der Waals surface area contributed by atoms with E-state index in [4.69, 9.17) is 11.6 Å². The molecule has 0 aromatic carbocycles. The molecule has 2 amide bonds. The van der Waals surface area contributed by atoms with Crippen LogP contribution in [0, 0.1) is 11.8 Å². The molecule has 0 saturated carbocycles. The van der Waals surface area contributed by atoms with Crippen LogP contribution in [-0.4, -0.2) is 23.3 Å². The van der Waals surface area contributed by atoms with Gasteiger partial charge in [0, 0.05) is 11.6 Å². The minimum absolute atomic E-state index is 0.00358. The Bertz CT molecular complexity index is 351. The molecule has 2 aliphatic rings. The summed E-state index contributed by atoms with van der Waals surface area (Å²) in [5.41, 5.74) is 0. The van der Waals surface area contributed by atoms with E-state index < -0.39 is 0 Å². The van der Waals surface area contributed by atoms with E-state index in [1.807, 2.05) is 6.08 Å². The maximum atomic E-state index is 12.0. The monoisotopic (exact) mass is 241 g/mol. The first-order valence-corrected chi connectivity index (χ1v) is 6.22. The fourth-order valence-corrected chi connectivity index (χ4v) is 2.69. The number of amides is 2. The van der Waals surface area contributed by atoms with Gasteiger partial charge in [0.05, 0.1) is 11.8 Å². The molecule has 1 aliphatic carbocycles. The van der Waals surface area contributed by atoms with Crippen LogP contribution in [0.25, 0.3) is 0 Å². The quantitative estimate of drug-likeness (QED) is 0.711. The summed E-state index contributed by atoms with van der Waals surface area (Å²) >= 11 is 5.93. The van der Waals surface area contributed by atoms with E-state index >= 15 is 0 Å². The van der Waals surface area contributed by atoms with Gasteiger partial charge in [-0.3, -0.25) is 14.5 Å². The van der Waals surface area contributed by atoms with Crippen LogP contribution in [-0.2, 0) is 9.59 Å². The standard InChI is InChI=1S/C12H16ClNO2/c1-2-3-6-14-11(15)9-5-4-8(13)7-10(9)12(14)16/h4,9-10H,2-3,5-7H2,1H3/t9-,10+/m1/s1. The second-order valence-electron chi connectivity index (χ2n) is 4.49. The van der Waals surface area contributed by atoms with Crippen molar-refractivity contribution in [3.63, 3.8) is 0 Å². The van der Waals surface area contributed by atoms with Gasteiger partial charge in [-0.05, 0) is 19.3 Å². The first kappa shape index (κ1) is 11.6. The van der Waals surface area contributed by atoms with E-state index in [2.05, 4.69) is 6.92 Å². The number of likely N-dealkylation sites (tertiary alicyclic amines) is 1. The van der Waals surface area contributed by atoms with E-state index in [1.54, 1.807) is 0 Å². The molecule has 2 atom stereocenters. The molecule has 0 aromatic heterocycles. The molecule has 1 aliphatic heterocycles. The number of imide groups is 1. The Morgan fingerprint density at radius 2 is 2.06 bits per heavy atom. The lowest BCUT2D eigenvalue weighted by Gasteiger charge is -2.17. The second-order valence-corrected chi connectivity index (χ2v) is 4.97. The van der Waals surface area contributed by atoms with E-state index in [9.17, 15) is 9.59 Å². The van der Waals surface area contributed by atoms with E-state index in [1.165, 1.54) is 4.90 Å². The van der Waals surface area contributed by atoms with Gasteiger partial charge in [-0.15, -0.1) is 0 Å². The van der Waals surface area contributed by atoms with Gasteiger partial charge in [-0.1, -0.05) is 31.0 Å². The summed E-state index contributed by atoms with van der Waals surface area (Å²) in [4.78, 5) is 25.4. The van der Waals surface area contributed by atoms with Gasteiger partial charge < -0.3 is 0 Å². The average Bonchev–Trinajstić information content (AvgIpc) is 2.50. The molecule has 0 unspecified atom stereocenters. The number of hydrogen-bond donors (Lipinski definition) is 0. The average molecular weight is 242 g/mol. The molecule has 1 fully saturated rings. The molecule has 0 aromatic rings. The number of carbonyl (C=O) groups excluding carboxylic acids is 2. The zero-order chi connectivity index (χ0) is 11.7. The fourth-order valence-electron chi connectivity index (χ4n) is 2.43. The SMILES string of the molecule is CCCCN1C(=O)[C@H]2CC(Cl)=CC[C@H]2C1=O. The number of fused-ring (bicyclic) bond motifs is 1. The maximum absolute atomic E-state index is 12.0. The van der Waals surface area contributed by atoms with Gasteiger partial charge in [0.1, 0.15) is 0 Å². The van der Waals surface area contributed by atoms with Crippen molar-refractivity contribution in [1.29, 1.82) is 0 Å². The summed E-state index contributed by atoms with van der Waals surface area (Å²) in [5, 5.41) is 0.722. The van der Waals surface area contributed by atoms with Gasteiger partial charge in [0.2, 0.25) is 11.8 Å². The highest BCUT2D eigenvalue weighted by Gasteiger charge is 2.47. The summed E-state index contributed by atoms with van der Waals surface area (Å²) in [6, 6.07) is 0. The van der Waals surface area contributed by atoms with Crippen molar-refractivity contribution in [2.45, 2.75) is 32.6 Å². The van der Waals surface area contributed by atoms with Gasteiger partial charge in [-0.2, -0.15) is 0 Å². The normalized spacial score (nSPS) is 29.4. The smallest absolute Gasteiger partial charge is 0.233 e. The lowest BCUT2D eigenvalue weighted by molar-refractivity contribution is -0.139. The Balaban J connectivity index is 2.12. The van der Waals surface area contributed by atoms with Gasteiger partial charge in [0.25, 0.3) is 0 Å². The van der Waals surface area contributed by atoms with Crippen molar-refractivity contribution in [2.75, 3.05) is 6.54 Å². The Hall–Kier alpha value is -0.830. The van der Waals surface area contributed by atoms with E-state index in [0.29, 0.717) is 19.4 Å². The summed E-state index contributed by atoms with van der Waals surface area (Å²) in [7, 11) is 0.